The molecule has 1 fully saturated rings. The predicted molar refractivity (Wildman–Crippen MR) is 76.3 cm³/mol. The van der Waals surface area contributed by atoms with Gasteiger partial charge in [-0.3, -0.25) is 4.98 Å². The highest BCUT2D eigenvalue weighted by molar-refractivity contribution is 6.31. The zero-order valence-corrected chi connectivity index (χ0v) is 11.3. The molecule has 0 bridgehead atoms. The maximum Gasteiger partial charge on any atom is 0.122 e. The monoisotopic (exact) mass is 273 g/mol. The Bertz CT molecular complexity index is 563. The highest BCUT2D eigenvalue weighted by Crippen LogP contribution is 2.37. The molecule has 2 aromatic rings. The van der Waals surface area contributed by atoms with Gasteiger partial charge in [0.15, 0.2) is 0 Å². The fraction of sp³-hybridized carbons (Fsp3) is 0.312. The largest absolute Gasteiger partial charge is 0.382 e. The lowest BCUT2D eigenvalue weighted by atomic mass is 9.80. The van der Waals surface area contributed by atoms with Gasteiger partial charge >= 0.3 is 0 Å². The van der Waals surface area contributed by atoms with Crippen LogP contribution in [0.1, 0.15) is 48.1 Å². The molecule has 0 amide bonds. The van der Waals surface area contributed by atoms with Gasteiger partial charge in [-0.2, -0.15) is 0 Å². The van der Waals surface area contributed by atoms with Crippen molar-refractivity contribution in [2.75, 3.05) is 0 Å². The zero-order chi connectivity index (χ0) is 13.2. The fourth-order valence-corrected chi connectivity index (χ4v) is 2.67. The molecule has 19 heavy (non-hydrogen) atoms. The summed E-state index contributed by atoms with van der Waals surface area (Å²) in [5, 5.41) is 10.8. The van der Waals surface area contributed by atoms with Crippen LogP contribution in [0.25, 0.3) is 0 Å². The summed E-state index contributed by atoms with van der Waals surface area (Å²) in [6.07, 6.45) is 4.79. The van der Waals surface area contributed by atoms with Gasteiger partial charge < -0.3 is 5.11 Å². The van der Waals surface area contributed by atoms with Crippen LogP contribution >= 0.6 is 11.6 Å². The van der Waals surface area contributed by atoms with E-state index in [1.54, 1.807) is 18.3 Å². The minimum Gasteiger partial charge on any atom is -0.382 e. The molecule has 98 valence electrons. The van der Waals surface area contributed by atoms with E-state index in [4.69, 9.17) is 11.6 Å². The average Bonchev–Trinajstić information content (AvgIpc) is 2.37. The summed E-state index contributed by atoms with van der Waals surface area (Å²) < 4.78 is 0. The van der Waals surface area contributed by atoms with Crippen LogP contribution in [0, 0.1) is 0 Å². The first-order valence-electron chi connectivity index (χ1n) is 6.64. The molecule has 1 aromatic heterocycles. The molecule has 1 atom stereocenters. The molecule has 0 spiro atoms. The summed E-state index contributed by atoms with van der Waals surface area (Å²) in [4.78, 5) is 4.16. The lowest BCUT2D eigenvalue weighted by Crippen LogP contribution is -2.09. The van der Waals surface area contributed by atoms with Crippen molar-refractivity contribution in [3.63, 3.8) is 0 Å². The third kappa shape index (κ3) is 2.51. The van der Waals surface area contributed by atoms with E-state index in [1.165, 1.54) is 24.8 Å². The SMILES string of the molecule is OC(c1ccc(C2CCC2)cc1)c1ncccc1Cl. The van der Waals surface area contributed by atoms with E-state index in [9.17, 15) is 5.11 Å². The lowest BCUT2D eigenvalue weighted by Gasteiger charge is -2.26. The Morgan fingerprint density at radius 1 is 1.16 bits per heavy atom. The number of hydrogen-bond acceptors (Lipinski definition) is 2. The first kappa shape index (κ1) is 12.6. The van der Waals surface area contributed by atoms with E-state index in [0.29, 0.717) is 16.6 Å². The first-order chi connectivity index (χ1) is 9.25. The Morgan fingerprint density at radius 2 is 1.89 bits per heavy atom. The van der Waals surface area contributed by atoms with Crippen LogP contribution in [-0.4, -0.2) is 10.1 Å². The van der Waals surface area contributed by atoms with Gasteiger partial charge in [0.25, 0.3) is 0 Å². The van der Waals surface area contributed by atoms with Crippen LogP contribution in [-0.2, 0) is 0 Å². The second-order valence-corrected chi connectivity index (χ2v) is 5.47. The molecule has 0 saturated heterocycles. The van der Waals surface area contributed by atoms with Gasteiger partial charge in [0.1, 0.15) is 6.10 Å². The molecule has 1 aliphatic carbocycles. The highest BCUT2D eigenvalue weighted by Gasteiger charge is 2.20. The van der Waals surface area contributed by atoms with Gasteiger partial charge in [0.2, 0.25) is 0 Å². The number of benzene rings is 1. The summed E-state index contributed by atoms with van der Waals surface area (Å²) in [7, 11) is 0. The van der Waals surface area contributed by atoms with Gasteiger partial charge in [-0.05, 0) is 42.0 Å². The van der Waals surface area contributed by atoms with E-state index in [1.807, 2.05) is 12.1 Å². The van der Waals surface area contributed by atoms with E-state index in [-0.39, 0.29) is 0 Å². The van der Waals surface area contributed by atoms with Crippen LogP contribution in [0.5, 0.6) is 0 Å². The van der Waals surface area contributed by atoms with Gasteiger partial charge in [-0.25, -0.2) is 0 Å². The number of halogens is 1. The molecular weight excluding hydrogens is 258 g/mol. The molecule has 1 unspecified atom stereocenters. The number of rotatable bonds is 3. The Kier molecular flexibility index (Phi) is 3.54. The van der Waals surface area contributed by atoms with Gasteiger partial charge in [0, 0.05) is 6.20 Å². The van der Waals surface area contributed by atoms with Crippen molar-refractivity contribution >= 4 is 11.6 Å². The van der Waals surface area contributed by atoms with Crippen molar-refractivity contribution in [1.29, 1.82) is 0 Å². The van der Waals surface area contributed by atoms with E-state index < -0.39 is 6.10 Å². The van der Waals surface area contributed by atoms with Crippen molar-refractivity contribution in [2.45, 2.75) is 31.3 Å². The molecule has 1 N–H and O–H groups in total. The number of aromatic nitrogens is 1. The summed E-state index contributed by atoms with van der Waals surface area (Å²) >= 11 is 6.06. The Balaban J connectivity index is 1.83. The van der Waals surface area contributed by atoms with Gasteiger partial charge in [-0.15, -0.1) is 0 Å². The summed E-state index contributed by atoms with van der Waals surface area (Å²) in [6, 6.07) is 11.7. The normalized spacial score (nSPS) is 16.9. The van der Waals surface area contributed by atoms with Crippen LogP contribution in [0.4, 0.5) is 0 Å². The Morgan fingerprint density at radius 3 is 2.47 bits per heavy atom. The lowest BCUT2D eigenvalue weighted by molar-refractivity contribution is 0.215. The quantitative estimate of drug-likeness (QED) is 0.914. The van der Waals surface area contributed by atoms with Gasteiger partial charge in [0.05, 0.1) is 10.7 Å². The Labute approximate surface area is 118 Å². The number of nitrogens with zero attached hydrogens (tertiary/aromatic N) is 1. The number of pyridine rings is 1. The first-order valence-corrected chi connectivity index (χ1v) is 7.02. The molecule has 3 heteroatoms. The minimum atomic E-state index is -0.760. The van der Waals surface area contributed by atoms with E-state index >= 15 is 0 Å². The standard InChI is InChI=1S/C16H16ClNO/c17-14-5-2-10-18-15(14)16(19)13-8-6-12(7-9-13)11-3-1-4-11/h2,5-11,16,19H,1,3-4H2. The Hall–Kier alpha value is -1.38. The second-order valence-electron chi connectivity index (χ2n) is 5.07. The van der Waals surface area contributed by atoms with Crippen molar-refractivity contribution in [2.24, 2.45) is 0 Å². The molecule has 0 radical (unpaired) electrons. The molecule has 0 aliphatic heterocycles. The minimum absolute atomic E-state index is 0.498. The molecule has 1 aliphatic rings. The molecule has 1 heterocycles. The number of aliphatic hydroxyl groups excluding tert-OH is 1. The van der Waals surface area contributed by atoms with Crippen molar-refractivity contribution in [3.8, 4) is 0 Å². The van der Waals surface area contributed by atoms with Crippen molar-refractivity contribution < 1.29 is 5.11 Å². The third-order valence-corrected chi connectivity index (χ3v) is 4.19. The molecule has 1 saturated carbocycles. The van der Waals surface area contributed by atoms with E-state index in [2.05, 4.69) is 17.1 Å². The molecule has 3 rings (SSSR count). The van der Waals surface area contributed by atoms with Crippen LogP contribution in [0.2, 0.25) is 5.02 Å². The van der Waals surface area contributed by atoms with Crippen LogP contribution in [0.3, 0.4) is 0 Å². The number of hydrogen-bond donors (Lipinski definition) is 1. The smallest absolute Gasteiger partial charge is 0.122 e. The third-order valence-electron chi connectivity index (χ3n) is 3.87. The fourth-order valence-electron chi connectivity index (χ4n) is 2.45. The number of aliphatic hydroxyl groups is 1. The summed E-state index contributed by atoms with van der Waals surface area (Å²) in [5.41, 5.74) is 2.72. The van der Waals surface area contributed by atoms with E-state index in [0.717, 1.165) is 5.56 Å². The highest BCUT2D eigenvalue weighted by atomic mass is 35.5. The average molecular weight is 274 g/mol. The van der Waals surface area contributed by atoms with Crippen LogP contribution < -0.4 is 0 Å². The molecular formula is C16H16ClNO. The second kappa shape index (κ2) is 5.32. The maximum absolute atomic E-state index is 10.3. The van der Waals surface area contributed by atoms with Gasteiger partial charge in [-0.1, -0.05) is 42.3 Å². The summed E-state index contributed by atoms with van der Waals surface area (Å²) in [6.45, 7) is 0. The molecule has 2 nitrogen and oxygen atoms in total. The predicted octanol–water partition coefficient (Wildman–Crippen LogP) is 4.08. The topological polar surface area (TPSA) is 33.1 Å². The van der Waals surface area contributed by atoms with Crippen LogP contribution in [0.15, 0.2) is 42.6 Å². The zero-order valence-electron chi connectivity index (χ0n) is 10.6. The maximum atomic E-state index is 10.3. The summed E-state index contributed by atoms with van der Waals surface area (Å²) in [5.74, 6) is 0.713. The van der Waals surface area contributed by atoms with Crippen molar-refractivity contribution in [1.82, 2.24) is 4.98 Å². The van der Waals surface area contributed by atoms with Crippen molar-refractivity contribution in [3.05, 3.63) is 64.4 Å². The molecule has 1 aromatic carbocycles.